The van der Waals surface area contributed by atoms with Crippen LogP contribution in [0.4, 0.5) is 0 Å². The molecule has 0 saturated carbocycles. The number of rotatable bonds is 6. The van der Waals surface area contributed by atoms with Crippen molar-refractivity contribution in [2.45, 2.75) is 61.8 Å². The quantitative estimate of drug-likeness (QED) is 0.235. The van der Waals surface area contributed by atoms with Gasteiger partial charge in [-0.1, -0.05) is 87.4 Å². The summed E-state index contributed by atoms with van der Waals surface area (Å²) in [7, 11) is 0. The second kappa shape index (κ2) is 10.4. The third kappa shape index (κ3) is 5.03. The Bertz CT molecular complexity index is 1310. The van der Waals surface area contributed by atoms with Crippen molar-refractivity contribution in [1.82, 2.24) is 0 Å². The van der Waals surface area contributed by atoms with Gasteiger partial charge in [-0.05, 0) is 103 Å². The van der Waals surface area contributed by atoms with E-state index in [1.807, 2.05) is 22.7 Å². The van der Waals surface area contributed by atoms with E-state index in [9.17, 15) is 0 Å². The molecule has 0 unspecified atom stereocenters. The molecule has 2 heterocycles. The number of aryl methyl sites for hydroxylation is 4. The first-order valence-corrected chi connectivity index (χ1v) is 15.4. The van der Waals surface area contributed by atoms with Gasteiger partial charge in [-0.15, -0.1) is 22.7 Å². The average Bonchev–Trinajstić information content (AvgIpc) is 3.54. The van der Waals surface area contributed by atoms with Crippen molar-refractivity contribution in [3.8, 4) is 20.9 Å². The van der Waals surface area contributed by atoms with E-state index in [4.69, 9.17) is 0 Å². The van der Waals surface area contributed by atoms with Gasteiger partial charge < -0.3 is 0 Å². The van der Waals surface area contributed by atoms with Crippen LogP contribution >= 0.6 is 22.7 Å². The van der Waals surface area contributed by atoms with E-state index in [-0.39, 0.29) is 0 Å². The molecule has 0 bridgehead atoms. The molecule has 0 spiro atoms. The van der Waals surface area contributed by atoms with Gasteiger partial charge in [-0.25, -0.2) is 0 Å². The van der Waals surface area contributed by atoms with Crippen LogP contribution in [0.3, 0.4) is 0 Å². The van der Waals surface area contributed by atoms with Crippen molar-refractivity contribution in [2.24, 2.45) is 23.7 Å². The SMILES string of the molecule is Cc1ccc(-c2cc(C3=C(c4cc(-c5ccc(C)cc5)sc4C)[C@H](C(C)C)C[C@H]3C(C)C)c(C)s2)cc1. The third-order valence-corrected chi connectivity index (χ3v) is 10.4. The van der Waals surface area contributed by atoms with Gasteiger partial charge in [-0.3, -0.25) is 0 Å². The maximum absolute atomic E-state index is 2.50. The molecule has 0 N–H and O–H groups in total. The Morgan fingerprint density at radius 2 is 0.919 bits per heavy atom. The summed E-state index contributed by atoms with van der Waals surface area (Å²) >= 11 is 3.91. The highest BCUT2D eigenvalue weighted by Crippen LogP contribution is 2.55. The van der Waals surface area contributed by atoms with Crippen molar-refractivity contribution < 1.29 is 0 Å². The Labute approximate surface area is 232 Å². The smallest absolute Gasteiger partial charge is 0.0351 e. The Morgan fingerprint density at radius 1 is 0.568 bits per heavy atom. The lowest BCUT2D eigenvalue weighted by Gasteiger charge is -2.21. The van der Waals surface area contributed by atoms with Gasteiger partial charge in [0.15, 0.2) is 0 Å². The van der Waals surface area contributed by atoms with E-state index in [2.05, 4.69) is 116 Å². The maximum Gasteiger partial charge on any atom is 0.0351 e. The lowest BCUT2D eigenvalue weighted by molar-refractivity contribution is 0.372. The summed E-state index contributed by atoms with van der Waals surface area (Å²) in [4.78, 5) is 5.67. The predicted octanol–water partition coefficient (Wildman–Crippen LogP) is 11.2. The molecule has 1 aliphatic carbocycles. The third-order valence-electron chi connectivity index (χ3n) is 8.24. The topological polar surface area (TPSA) is 0 Å². The highest BCUT2D eigenvalue weighted by molar-refractivity contribution is 7.16. The van der Waals surface area contributed by atoms with Crippen molar-refractivity contribution in [2.75, 3.05) is 0 Å². The molecule has 0 aliphatic heterocycles. The molecule has 0 nitrogen and oxygen atoms in total. The van der Waals surface area contributed by atoms with Gasteiger partial charge in [-0.2, -0.15) is 0 Å². The molecule has 192 valence electrons. The molecule has 2 heteroatoms. The second-order valence-electron chi connectivity index (χ2n) is 11.7. The fourth-order valence-electron chi connectivity index (χ4n) is 6.03. The number of thiophene rings is 2. The minimum Gasteiger partial charge on any atom is -0.140 e. The van der Waals surface area contributed by atoms with Crippen LogP contribution in [0.2, 0.25) is 0 Å². The summed E-state index contributed by atoms with van der Waals surface area (Å²) in [6.07, 6.45) is 1.25. The minimum absolute atomic E-state index is 0.587. The van der Waals surface area contributed by atoms with Gasteiger partial charge in [0.25, 0.3) is 0 Å². The lowest BCUT2D eigenvalue weighted by Crippen LogP contribution is -2.11. The molecule has 37 heavy (non-hydrogen) atoms. The van der Waals surface area contributed by atoms with Crippen molar-refractivity contribution in [1.29, 1.82) is 0 Å². The van der Waals surface area contributed by atoms with Crippen LogP contribution in [0, 0.1) is 51.4 Å². The predicted molar refractivity (Wildman–Crippen MR) is 167 cm³/mol. The molecule has 1 aliphatic rings. The van der Waals surface area contributed by atoms with Crippen LogP contribution in [-0.4, -0.2) is 0 Å². The number of allylic oxidation sites excluding steroid dienone is 2. The van der Waals surface area contributed by atoms with Crippen LogP contribution in [0.1, 0.15) is 66.1 Å². The zero-order valence-electron chi connectivity index (χ0n) is 23.6. The first-order valence-electron chi connectivity index (χ1n) is 13.7. The number of hydrogen-bond acceptors (Lipinski definition) is 2. The summed E-state index contributed by atoms with van der Waals surface area (Å²) in [5.74, 6) is 2.41. The molecule has 5 rings (SSSR count). The minimum atomic E-state index is 0.587. The number of benzene rings is 2. The van der Waals surface area contributed by atoms with E-state index < -0.39 is 0 Å². The summed E-state index contributed by atoms with van der Waals surface area (Å²) in [6.45, 7) is 18.7. The highest BCUT2D eigenvalue weighted by Gasteiger charge is 2.39. The van der Waals surface area contributed by atoms with Crippen LogP contribution in [0.5, 0.6) is 0 Å². The maximum atomic E-state index is 2.50. The van der Waals surface area contributed by atoms with E-state index in [0.717, 1.165) is 0 Å². The zero-order chi connectivity index (χ0) is 26.4. The molecular formula is C35H40S2. The van der Waals surface area contributed by atoms with Gasteiger partial charge in [0.05, 0.1) is 0 Å². The Kier molecular flexibility index (Phi) is 7.35. The molecule has 4 aromatic rings. The van der Waals surface area contributed by atoms with Gasteiger partial charge in [0.2, 0.25) is 0 Å². The highest BCUT2D eigenvalue weighted by atomic mass is 32.1. The summed E-state index contributed by atoms with van der Waals surface area (Å²) in [5, 5.41) is 0. The van der Waals surface area contributed by atoms with E-state index >= 15 is 0 Å². The molecule has 0 saturated heterocycles. The fraction of sp³-hybridized carbons (Fsp3) is 0.371. The summed E-state index contributed by atoms with van der Waals surface area (Å²) in [5.41, 5.74) is 11.5. The first kappa shape index (κ1) is 26.2. The molecule has 0 amide bonds. The van der Waals surface area contributed by atoms with Gasteiger partial charge >= 0.3 is 0 Å². The Morgan fingerprint density at radius 3 is 1.24 bits per heavy atom. The van der Waals surface area contributed by atoms with Crippen molar-refractivity contribution >= 4 is 33.8 Å². The molecule has 2 atom stereocenters. The largest absolute Gasteiger partial charge is 0.140 e. The van der Waals surface area contributed by atoms with E-state index in [0.29, 0.717) is 23.7 Å². The number of hydrogen-bond donors (Lipinski definition) is 0. The van der Waals surface area contributed by atoms with Gasteiger partial charge in [0, 0.05) is 19.5 Å². The zero-order valence-corrected chi connectivity index (χ0v) is 25.2. The van der Waals surface area contributed by atoms with Crippen LogP contribution < -0.4 is 0 Å². The van der Waals surface area contributed by atoms with Crippen molar-refractivity contribution in [3.63, 3.8) is 0 Å². The Balaban J connectivity index is 1.71. The average molecular weight is 525 g/mol. The fourth-order valence-corrected chi connectivity index (χ4v) is 8.11. The lowest BCUT2D eigenvalue weighted by atomic mass is 9.84. The van der Waals surface area contributed by atoms with Crippen LogP contribution in [0.25, 0.3) is 32.0 Å². The van der Waals surface area contributed by atoms with E-state index in [1.165, 1.54) is 59.3 Å². The summed E-state index contributed by atoms with van der Waals surface area (Å²) in [6, 6.07) is 23.1. The standard InChI is InChI=1S/C35H40S2/c1-20(2)28-17-29(21(3)4)35(31-19-33(37-25(31)8)27-15-11-23(6)12-16-27)34(28)30-18-32(36-24(30)7)26-13-9-22(5)10-14-26/h9-16,18-21,28-29H,17H2,1-8H3/t28-,29-/m0/s1. The van der Waals surface area contributed by atoms with E-state index in [1.54, 1.807) is 11.1 Å². The molecule has 2 aromatic heterocycles. The van der Waals surface area contributed by atoms with Crippen molar-refractivity contribution in [3.05, 3.63) is 92.7 Å². The van der Waals surface area contributed by atoms with Crippen LogP contribution in [-0.2, 0) is 0 Å². The molecule has 0 fully saturated rings. The normalized spacial score (nSPS) is 18.0. The second-order valence-corrected chi connectivity index (χ2v) is 14.2. The first-order chi connectivity index (χ1) is 17.6. The monoisotopic (exact) mass is 524 g/mol. The van der Waals surface area contributed by atoms with Crippen LogP contribution in [0.15, 0.2) is 60.7 Å². The molecule has 2 aromatic carbocycles. The van der Waals surface area contributed by atoms with Gasteiger partial charge in [0.1, 0.15) is 0 Å². The summed E-state index contributed by atoms with van der Waals surface area (Å²) < 4.78 is 0. The molecular weight excluding hydrogens is 485 g/mol. The Hall–Kier alpha value is -2.42. The molecule has 0 radical (unpaired) electrons.